The monoisotopic (exact) mass is 445 g/mol. The topological polar surface area (TPSA) is 111 Å². The molecule has 0 radical (unpaired) electrons. The van der Waals surface area contributed by atoms with Gasteiger partial charge in [-0.15, -0.1) is 0 Å². The smallest absolute Gasteiger partial charge is 0.257 e. The van der Waals surface area contributed by atoms with Gasteiger partial charge in [0, 0.05) is 30.9 Å². The van der Waals surface area contributed by atoms with Gasteiger partial charge in [0.15, 0.2) is 0 Å². The van der Waals surface area contributed by atoms with Crippen LogP contribution in [0, 0.1) is 19.3 Å². The Balaban J connectivity index is 0.00000187. The number of amidine groups is 1. The van der Waals surface area contributed by atoms with Gasteiger partial charge in [-0.05, 0) is 57.3 Å². The summed E-state index contributed by atoms with van der Waals surface area (Å²) in [5, 5.41) is 13.7. The van der Waals surface area contributed by atoms with Crippen LogP contribution in [0.25, 0.3) is 0 Å². The maximum Gasteiger partial charge on any atom is 0.257 e. The van der Waals surface area contributed by atoms with Crippen molar-refractivity contribution in [2.24, 2.45) is 5.73 Å². The summed E-state index contributed by atoms with van der Waals surface area (Å²) < 4.78 is 0. The van der Waals surface area contributed by atoms with Crippen LogP contribution >= 0.6 is 0 Å². The summed E-state index contributed by atoms with van der Waals surface area (Å²) in [4.78, 5) is 27.4. The molecule has 3 aromatic carbocycles. The minimum Gasteiger partial charge on any atom is -0.363 e. The fourth-order valence-electron chi connectivity index (χ4n) is 3.02. The molecule has 0 aliphatic heterocycles. The zero-order valence-corrected chi connectivity index (χ0v) is 19.7. The molecule has 0 aliphatic rings. The second-order valence-electron chi connectivity index (χ2n) is 7.64. The molecule has 5 N–H and O–H groups in total. The molecular formula is C26H31N5O2. The number of nitrogens with zero attached hydrogens (tertiary/aromatic N) is 1. The molecule has 0 aliphatic carbocycles. The lowest BCUT2D eigenvalue weighted by molar-refractivity contribution is 0.102. The molecule has 0 aromatic heterocycles. The van der Waals surface area contributed by atoms with Crippen molar-refractivity contribution >= 4 is 29.0 Å². The molecule has 0 fully saturated rings. The lowest BCUT2D eigenvalue weighted by atomic mass is 10.1. The number of carbonyl (C=O) groups is 2. The Bertz CT molecular complexity index is 1120. The molecule has 0 saturated carbocycles. The minimum atomic E-state index is -0.323. The second kappa shape index (κ2) is 11.6. The third kappa shape index (κ3) is 6.75. The molecule has 0 atom stereocenters. The number of amides is 2. The van der Waals surface area contributed by atoms with Crippen molar-refractivity contribution < 1.29 is 9.59 Å². The molecule has 0 unspecified atom stereocenters. The van der Waals surface area contributed by atoms with Crippen molar-refractivity contribution in [1.29, 1.82) is 5.41 Å². The van der Waals surface area contributed by atoms with Crippen LogP contribution in [0.15, 0.2) is 66.7 Å². The lowest BCUT2D eigenvalue weighted by Gasteiger charge is -2.15. The fraction of sp³-hybridized carbons (Fsp3) is 0.192. The largest absolute Gasteiger partial charge is 0.363 e. The molecule has 0 saturated heterocycles. The third-order valence-electron chi connectivity index (χ3n) is 4.85. The first-order valence-electron chi connectivity index (χ1n) is 10.5. The Morgan fingerprint density at radius 1 is 0.758 bits per heavy atom. The SMILES string of the molecule is CN.Cc1ccc(NC(=O)c2cc(C)ccc2NC(=O)c2ccc(C(=N)N(C)C)cc2)cc1. The van der Waals surface area contributed by atoms with Crippen LogP contribution in [0.2, 0.25) is 0 Å². The van der Waals surface area contributed by atoms with Gasteiger partial charge in [0.2, 0.25) is 0 Å². The lowest BCUT2D eigenvalue weighted by Crippen LogP contribution is -2.22. The molecule has 172 valence electrons. The molecular weight excluding hydrogens is 414 g/mol. The standard InChI is InChI=1S/C25H26N4O2.CH5N/c1-16-5-12-20(13-6-16)27-25(31)21-15-17(2)7-14-22(21)28-24(30)19-10-8-18(9-11-19)23(26)29(3)4;1-2/h5-15,26H,1-4H3,(H,27,31)(H,28,30);2H2,1H3. The highest BCUT2D eigenvalue weighted by atomic mass is 16.2. The molecule has 0 heterocycles. The van der Waals surface area contributed by atoms with Crippen LogP contribution in [0.5, 0.6) is 0 Å². The second-order valence-corrected chi connectivity index (χ2v) is 7.64. The molecule has 7 nitrogen and oxygen atoms in total. The van der Waals surface area contributed by atoms with Gasteiger partial charge in [0.05, 0.1) is 11.3 Å². The average molecular weight is 446 g/mol. The number of nitrogens with two attached hydrogens (primary N) is 1. The Morgan fingerprint density at radius 2 is 1.30 bits per heavy atom. The zero-order valence-electron chi connectivity index (χ0n) is 19.7. The van der Waals surface area contributed by atoms with Gasteiger partial charge >= 0.3 is 0 Å². The van der Waals surface area contributed by atoms with E-state index >= 15 is 0 Å². The maximum absolute atomic E-state index is 12.9. The van der Waals surface area contributed by atoms with E-state index in [-0.39, 0.29) is 11.8 Å². The van der Waals surface area contributed by atoms with Crippen LogP contribution < -0.4 is 16.4 Å². The van der Waals surface area contributed by atoms with E-state index in [9.17, 15) is 9.59 Å². The van der Waals surface area contributed by atoms with Crippen LogP contribution in [-0.2, 0) is 0 Å². The predicted octanol–water partition coefficient (Wildman–Crippen LogP) is 4.27. The van der Waals surface area contributed by atoms with Crippen molar-refractivity contribution in [3.63, 3.8) is 0 Å². The fourth-order valence-corrected chi connectivity index (χ4v) is 3.02. The minimum absolute atomic E-state index is 0.294. The van der Waals surface area contributed by atoms with Crippen LogP contribution in [0.3, 0.4) is 0 Å². The molecule has 33 heavy (non-hydrogen) atoms. The van der Waals surface area contributed by atoms with Gasteiger partial charge in [0.25, 0.3) is 11.8 Å². The van der Waals surface area contributed by atoms with Gasteiger partial charge in [0.1, 0.15) is 5.84 Å². The first kappa shape index (κ1) is 25.3. The average Bonchev–Trinajstić information content (AvgIpc) is 2.82. The van der Waals surface area contributed by atoms with Gasteiger partial charge in [-0.25, -0.2) is 0 Å². The van der Waals surface area contributed by atoms with E-state index in [4.69, 9.17) is 5.41 Å². The number of carbonyl (C=O) groups excluding carboxylic acids is 2. The number of rotatable bonds is 5. The van der Waals surface area contributed by atoms with Crippen molar-refractivity contribution in [2.45, 2.75) is 13.8 Å². The quantitative estimate of drug-likeness (QED) is 0.347. The predicted molar refractivity (Wildman–Crippen MR) is 135 cm³/mol. The van der Waals surface area contributed by atoms with Crippen LogP contribution in [0.1, 0.15) is 37.4 Å². The van der Waals surface area contributed by atoms with Crippen LogP contribution in [0.4, 0.5) is 11.4 Å². The molecule has 0 spiro atoms. The van der Waals surface area contributed by atoms with Crippen molar-refractivity contribution in [2.75, 3.05) is 31.8 Å². The number of aryl methyl sites for hydroxylation is 2. The summed E-state index contributed by atoms with van der Waals surface area (Å²) in [7, 11) is 5.09. The van der Waals surface area contributed by atoms with E-state index in [0.29, 0.717) is 28.3 Å². The maximum atomic E-state index is 12.9. The Morgan fingerprint density at radius 3 is 1.88 bits per heavy atom. The first-order chi connectivity index (χ1) is 15.7. The number of nitrogens with one attached hydrogen (secondary N) is 3. The normalized spacial score (nSPS) is 9.88. The van der Waals surface area contributed by atoms with Gasteiger partial charge in [-0.2, -0.15) is 0 Å². The van der Waals surface area contributed by atoms with Crippen molar-refractivity contribution in [3.05, 3.63) is 94.5 Å². The van der Waals surface area contributed by atoms with E-state index in [1.54, 1.807) is 55.4 Å². The van der Waals surface area contributed by atoms with Crippen molar-refractivity contribution in [1.82, 2.24) is 4.90 Å². The highest BCUT2D eigenvalue weighted by molar-refractivity contribution is 6.12. The zero-order chi connectivity index (χ0) is 24.5. The van der Waals surface area contributed by atoms with Crippen molar-refractivity contribution in [3.8, 4) is 0 Å². The van der Waals surface area contributed by atoms with Gasteiger partial charge in [-0.1, -0.05) is 41.5 Å². The Kier molecular flexibility index (Phi) is 8.89. The van der Waals surface area contributed by atoms with E-state index in [0.717, 1.165) is 16.7 Å². The summed E-state index contributed by atoms with van der Waals surface area (Å²) in [5.41, 5.74) is 9.20. The Labute approximate surface area is 195 Å². The summed E-state index contributed by atoms with van der Waals surface area (Å²) in [6, 6.07) is 19.7. The first-order valence-corrected chi connectivity index (χ1v) is 10.5. The number of hydrogen-bond donors (Lipinski definition) is 4. The highest BCUT2D eigenvalue weighted by Gasteiger charge is 2.16. The van der Waals surface area contributed by atoms with E-state index in [1.165, 1.54) is 7.05 Å². The number of hydrogen-bond acceptors (Lipinski definition) is 4. The summed E-state index contributed by atoms with van der Waals surface area (Å²) in [6.45, 7) is 3.88. The molecule has 0 bridgehead atoms. The summed E-state index contributed by atoms with van der Waals surface area (Å²) >= 11 is 0. The van der Waals surface area contributed by atoms with E-state index < -0.39 is 0 Å². The van der Waals surface area contributed by atoms with Gasteiger partial charge in [-0.3, -0.25) is 15.0 Å². The number of anilines is 2. The van der Waals surface area contributed by atoms with Gasteiger partial charge < -0.3 is 21.3 Å². The molecule has 3 aromatic rings. The Hall–Kier alpha value is -3.97. The van der Waals surface area contributed by atoms with E-state index in [2.05, 4.69) is 16.4 Å². The molecule has 2 amide bonds. The summed E-state index contributed by atoms with van der Waals surface area (Å²) in [6.07, 6.45) is 0. The van der Waals surface area contributed by atoms with E-state index in [1.807, 2.05) is 44.2 Å². The third-order valence-corrected chi connectivity index (χ3v) is 4.85. The number of benzene rings is 3. The summed E-state index contributed by atoms with van der Waals surface area (Å²) in [5.74, 6) is -0.255. The molecule has 7 heteroatoms. The van der Waals surface area contributed by atoms with Crippen LogP contribution in [-0.4, -0.2) is 43.7 Å². The highest BCUT2D eigenvalue weighted by Crippen LogP contribution is 2.21. The molecule has 3 rings (SSSR count).